The van der Waals surface area contributed by atoms with Crippen LogP contribution in [0.15, 0.2) is 48.5 Å². The minimum absolute atomic E-state index is 0.0373. The molecule has 0 radical (unpaired) electrons. The molecule has 0 N–H and O–H groups in total. The number of benzene rings is 2. The van der Waals surface area contributed by atoms with Gasteiger partial charge in [-0.15, -0.1) is 0 Å². The Bertz CT molecular complexity index is 631. The van der Waals surface area contributed by atoms with Gasteiger partial charge in [-0.1, -0.05) is 42.0 Å². The summed E-state index contributed by atoms with van der Waals surface area (Å²) >= 11 is 0. The molecule has 3 heteroatoms. The molecular weight excluding hydrogens is 262 g/mol. The minimum Gasteiger partial charge on any atom is -0.444 e. The van der Waals surface area contributed by atoms with Crippen molar-refractivity contribution in [2.24, 2.45) is 0 Å². The highest BCUT2D eigenvalue weighted by Crippen LogP contribution is 2.22. The topological polar surface area (TPSA) is 29.5 Å². The van der Waals surface area contributed by atoms with E-state index in [9.17, 15) is 4.79 Å². The van der Waals surface area contributed by atoms with Crippen molar-refractivity contribution in [1.82, 2.24) is 0 Å². The molecule has 1 aliphatic rings. The molecule has 0 aliphatic carbocycles. The van der Waals surface area contributed by atoms with Crippen LogP contribution in [0.4, 0.5) is 10.5 Å². The Hall–Kier alpha value is -2.29. The summed E-state index contributed by atoms with van der Waals surface area (Å²) in [7, 11) is 0. The number of hydrogen-bond acceptors (Lipinski definition) is 2. The van der Waals surface area contributed by atoms with Crippen LogP contribution in [0.2, 0.25) is 0 Å². The summed E-state index contributed by atoms with van der Waals surface area (Å²) in [5.74, 6) is 0. The maximum atomic E-state index is 11.7. The van der Waals surface area contributed by atoms with Gasteiger partial charge < -0.3 is 4.74 Å². The van der Waals surface area contributed by atoms with Crippen LogP contribution in [0, 0.1) is 6.92 Å². The summed E-state index contributed by atoms with van der Waals surface area (Å²) in [6.07, 6.45) is 0.611. The third kappa shape index (κ3) is 3.07. The lowest BCUT2D eigenvalue weighted by atomic mass is 10.0. The normalized spacial score (nSPS) is 17.9. The Labute approximate surface area is 125 Å². The third-order valence-corrected chi connectivity index (χ3v) is 3.74. The molecule has 1 atom stereocenters. The molecule has 1 unspecified atom stereocenters. The van der Waals surface area contributed by atoms with Crippen LogP contribution in [-0.2, 0) is 11.2 Å². The minimum atomic E-state index is -0.256. The van der Waals surface area contributed by atoms with Crippen LogP contribution in [-0.4, -0.2) is 18.7 Å². The molecule has 1 fully saturated rings. The summed E-state index contributed by atoms with van der Waals surface area (Å²) in [5, 5.41) is 0. The molecule has 0 aromatic heterocycles. The lowest BCUT2D eigenvalue weighted by Crippen LogP contribution is -2.23. The highest BCUT2D eigenvalue weighted by molar-refractivity contribution is 5.89. The third-order valence-electron chi connectivity index (χ3n) is 3.74. The zero-order valence-electron chi connectivity index (χ0n) is 12.4. The fraction of sp³-hybridized carbons (Fsp3) is 0.278. The van der Waals surface area contributed by atoms with E-state index in [0.717, 1.165) is 12.1 Å². The van der Waals surface area contributed by atoms with Gasteiger partial charge in [0.2, 0.25) is 0 Å². The van der Waals surface area contributed by atoms with Gasteiger partial charge in [0.05, 0.1) is 6.54 Å². The van der Waals surface area contributed by atoms with Crippen molar-refractivity contribution < 1.29 is 9.53 Å². The van der Waals surface area contributed by atoms with Gasteiger partial charge in [-0.3, -0.25) is 4.90 Å². The smallest absolute Gasteiger partial charge is 0.414 e. The Morgan fingerprint density at radius 3 is 2.14 bits per heavy atom. The first kappa shape index (κ1) is 13.7. The van der Waals surface area contributed by atoms with Crippen molar-refractivity contribution in [2.45, 2.75) is 26.4 Å². The predicted octanol–water partition coefficient (Wildman–Crippen LogP) is 3.93. The van der Waals surface area contributed by atoms with Gasteiger partial charge in [-0.05, 0) is 43.5 Å². The number of carbonyl (C=O) groups is 1. The Morgan fingerprint density at radius 1 is 1.05 bits per heavy atom. The molecule has 1 heterocycles. The van der Waals surface area contributed by atoms with E-state index in [1.54, 1.807) is 4.90 Å². The SMILES string of the molecule is Cc1ccc(Cc2ccc(N3CC(C)OC3=O)cc2)cc1. The van der Waals surface area contributed by atoms with E-state index in [1.807, 2.05) is 19.1 Å². The van der Waals surface area contributed by atoms with Crippen LogP contribution in [0.25, 0.3) is 0 Å². The molecule has 3 rings (SSSR count). The Kier molecular flexibility index (Phi) is 3.65. The zero-order valence-corrected chi connectivity index (χ0v) is 12.4. The molecule has 0 spiro atoms. The van der Waals surface area contributed by atoms with E-state index >= 15 is 0 Å². The number of anilines is 1. The maximum Gasteiger partial charge on any atom is 0.414 e. The Balaban J connectivity index is 1.72. The molecule has 0 bridgehead atoms. The van der Waals surface area contributed by atoms with Crippen LogP contribution < -0.4 is 4.90 Å². The fourth-order valence-electron chi connectivity index (χ4n) is 2.55. The molecule has 1 amide bonds. The lowest BCUT2D eigenvalue weighted by Gasteiger charge is -2.13. The quantitative estimate of drug-likeness (QED) is 0.853. The van der Waals surface area contributed by atoms with Gasteiger partial charge in [-0.25, -0.2) is 4.79 Å². The van der Waals surface area contributed by atoms with Crippen LogP contribution in [0.5, 0.6) is 0 Å². The van der Waals surface area contributed by atoms with Gasteiger partial charge in [0.15, 0.2) is 0 Å². The number of rotatable bonds is 3. The van der Waals surface area contributed by atoms with E-state index < -0.39 is 0 Å². The summed E-state index contributed by atoms with van der Waals surface area (Å²) < 4.78 is 5.15. The molecule has 3 nitrogen and oxygen atoms in total. The summed E-state index contributed by atoms with van der Waals surface area (Å²) in [6, 6.07) is 16.7. The second kappa shape index (κ2) is 5.60. The Morgan fingerprint density at radius 2 is 1.62 bits per heavy atom. The van der Waals surface area contributed by atoms with E-state index in [0.29, 0.717) is 6.54 Å². The van der Waals surface area contributed by atoms with E-state index in [2.05, 4.69) is 43.3 Å². The highest BCUT2D eigenvalue weighted by Gasteiger charge is 2.29. The van der Waals surface area contributed by atoms with Gasteiger partial charge in [0.25, 0.3) is 0 Å². The summed E-state index contributed by atoms with van der Waals surface area (Å²) in [5.41, 5.74) is 4.71. The van der Waals surface area contributed by atoms with E-state index in [4.69, 9.17) is 4.74 Å². The lowest BCUT2D eigenvalue weighted by molar-refractivity contribution is 0.150. The molecular formula is C18H19NO2. The first-order valence-corrected chi connectivity index (χ1v) is 7.24. The van der Waals surface area contributed by atoms with Crippen LogP contribution in [0.3, 0.4) is 0 Å². The number of hydrogen-bond donors (Lipinski definition) is 0. The van der Waals surface area contributed by atoms with Crippen molar-refractivity contribution >= 4 is 11.8 Å². The van der Waals surface area contributed by atoms with Crippen LogP contribution in [0.1, 0.15) is 23.6 Å². The average molecular weight is 281 g/mol. The second-order valence-corrected chi connectivity index (χ2v) is 5.63. The standard InChI is InChI=1S/C18H19NO2/c1-13-3-5-15(6-4-13)11-16-7-9-17(10-8-16)19-12-14(2)21-18(19)20/h3-10,14H,11-12H2,1-2H3. The first-order chi connectivity index (χ1) is 10.1. The van der Waals surface area contributed by atoms with E-state index in [1.165, 1.54) is 16.7 Å². The van der Waals surface area contributed by atoms with Gasteiger partial charge in [0.1, 0.15) is 6.10 Å². The molecule has 1 saturated heterocycles. The predicted molar refractivity (Wildman–Crippen MR) is 83.7 cm³/mol. The number of cyclic esters (lactones) is 1. The first-order valence-electron chi connectivity index (χ1n) is 7.24. The molecule has 2 aromatic carbocycles. The second-order valence-electron chi connectivity index (χ2n) is 5.63. The van der Waals surface area contributed by atoms with Crippen molar-refractivity contribution in [2.75, 3.05) is 11.4 Å². The number of nitrogens with zero attached hydrogens (tertiary/aromatic N) is 1. The molecule has 2 aromatic rings. The summed E-state index contributed by atoms with van der Waals surface area (Å²) in [4.78, 5) is 13.4. The number of carbonyl (C=O) groups excluding carboxylic acids is 1. The van der Waals surface area contributed by atoms with Crippen molar-refractivity contribution in [3.8, 4) is 0 Å². The van der Waals surface area contributed by atoms with Gasteiger partial charge in [0, 0.05) is 5.69 Å². The highest BCUT2D eigenvalue weighted by atomic mass is 16.6. The van der Waals surface area contributed by atoms with Crippen molar-refractivity contribution in [3.63, 3.8) is 0 Å². The monoisotopic (exact) mass is 281 g/mol. The van der Waals surface area contributed by atoms with Crippen molar-refractivity contribution in [1.29, 1.82) is 0 Å². The van der Waals surface area contributed by atoms with E-state index in [-0.39, 0.29) is 12.2 Å². The van der Waals surface area contributed by atoms with Gasteiger partial charge >= 0.3 is 6.09 Å². The number of ether oxygens (including phenoxy) is 1. The van der Waals surface area contributed by atoms with Crippen LogP contribution >= 0.6 is 0 Å². The number of amides is 1. The maximum absolute atomic E-state index is 11.7. The summed E-state index contributed by atoms with van der Waals surface area (Å²) in [6.45, 7) is 4.62. The molecule has 0 saturated carbocycles. The molecule has 1 aliphatic heterocycles. The molecule has 108 valence electrons. The van der Waals surface area contributed by atoms with Gasteiger partial charge in [-0.2, -0.15) is 0 Å². The average Bonchev–Trinajstić information content (AvgIpc) is 2.81. The van der Waals surface area contributed by atoms with Crippen molar-refractivity contribution in [3.05, 3.63) is 65.2 Å². The fourth-order valence-corrected chi connectivity index (χ4v) is 2.55. The molecule has 21 heavy (non-hydrogen) atoms. The zero-order chi connectivity index (χ0) is 14.8. The largest absolute Gasteiger partial charge is 0.444 e. The number of aryl methyl sites for hydroxylation is 1.